The number of sulfonamides is 1. The Morgan fingerprint density at radius 2 is 2.10 bits per heavy atom. The normalized spacial score (nSPS) is 23.9. The van der Waals surface area contributed by atoms with Crippen LogP contribution in [0.2, 0.25) is 0 Å². The van der Waals surface area contributed by atoms with E-state index in [2.05, 4.69) is 4.72 Å². The molecule has 0 bridgehead atoms. The number of rotatable bonds is 6. The Bertz CT molecular complexity index is 587. The number of carboxylic acids is 1. The Balaban J connectivity index is 2.11. The first-order valence-electron chi connectivity index (χ1n) is 6.79. The summed E-state index contributed by atoms with van der Waals surface area (Å²) in [6.45, 7) is 2.06. The Labute approximate surface area is 124 Å². The standard InChI is InChI=1S/C14H19NO5S/c1-10-13(7-8-20-10)21(18,19)15-12(14(16)17)9-11-5-3-2-4-6-11/h2-6,10,12-13,15H,7-9H2,1H3,(H,16,17)/t10?,12-,13?/m1/s1. The molecule has 0 aliphatic carbocycles. The average Bonchev–Trinajstić information content (AvgIpc) is 2.86. The molecule has 2 N–H and O–H groups in total. The summed E-state index contributed by atoms with van der Waals surface area (Å²) in [5, 5.41) is 8.55. The molecule has 1 fully saturated rings. The minimum absolute atomic E-state index is 0.108. The van der Waals surface area contributed by atoms with Crippen molar-refractivity contribution in [2.45, 2.75) is 37.2 Å². The van der Waals surface area contributed by atoms with Gasteiger partial charge in [-0.1, -0.05) is 30.3 Å². The molecule has 1 aliphatic rings. The summed E-state index contributed by atoms with van der Waals surface area (Å²) in [6, 6.07) is 7.76. The molecule has 116 valence electrons. The van der Waals surface area contributed by atoms with Crippen molar-refractivity contribution in [1.29, 1.82) is 0 Å². The maximum absolute atomic E-state index is 12.3. The summed E-state index contributed by atoms with van der Waals surface area (Å²) in [5.41, 5.74) is 0.767. The molecule has 21 heavy (non-hydrogen) atoms. The summed E-state index contributed by atoms with van der Waals surface area (Å²) in [5.74, 6) is -1.19. The number of aliphatic carboxylic acids is 1. The van der Waals surface area contributed by atoms with Crippen molar-refractivity contribution < 1.29 is 23.1 Å². The van der Waals surface area contributed by atoms with E-state index in [0.29, 0.717) is 13.0 Å². The van der Waals surface area contributed by atoms with E-state index in [0.717, 1.165) is 5.56 Å². The molecule has 3 atom stereocenters. The fourth-order valence-corrected chi connectivity index (χ4v) is 4.18. The van der Waals surface area contributed by atoms with Gasteiger partial charge in [-0.3, -0.25) is 4.79 Å². The van der Waals surface area contributed by atoms with Crippen LogP contribution in [0.3, 0.4) is 0 Å². The van der Waals surface area contributed by atoms with E-state index >= 15 is 0 Å². The molecular weight excluding hydrogens is 294 g/mol. The van der Waals surface area contributed by atoms with E-state index in [4.69, 9.17) is 4.74 Å². The molecule has 2 rings (SSSR count). The monoisotopic (exact) mass is 313 g/mol. The van der Waals surface area contributed by atoms with Crippen molar-refractivity contribution in [2.24, 2.45) is 0 Å². The van der Waals surface area contributed by atoms with Gasteiger partial charge in [-0.15, -0.1) is 0 Å². The fourth-order valence-electron chi connectivity index (χ4n) is 2.43. The number of hydrogen-bond acceptors (Lipinski definition) is 4. The van der Waals surface area contributed by atoms with Gasteiger partial charge in [0.15, 0.2) is 0 Å². The predicted octanol–water partition coefficient (Wildman–Crippen LogP) is 0.779. The van der Waals surface area contributed by atoms with Gasteiger partial charge in [-0.05, 0) is 25.3 Å². The zero-order chi connectivity index (χ0) is 15.5. The Morgan fingerprint density at radius 3 is 2.62 bits per heavy atom. The topological polar surface area (TPSA) is 92.7 Å². The molecule has 1 aliphatic heterocycles. The minimum Gasteiger partial charge on any atom is -0.480 e. The summed E-state index contributed by atoms with van der Waals surface area (Å²) >= 11 is 0. The maximum Gasteiger partial charge on any atom is 0.322 e. The summed E-state index contributed by atoms with van der Waals surface area (Å²) in [7, 11) is -3.73. The van der Waals surface area contributed by atoms with E-state index in [-0.39, 0.29) is 6.42 Å². The molecule has 0 spiro atoms. The molecule has 0 amide bonds. The zero-order valence-electron chi connectivity index (χ0n) is 11.7. The molecule has 1 saturated heterocycles. The van der Waals surface area contributed by atoms with Gasteiger partial charge in [0.05, 0.1) is 6.10 Å². The van der Waals surface area contributed by atoms with Gasteiger partial charge in [0.2, 0.25) is 10.0 Å². The summed E-state index contributed by atoms with van der Waals surface area (Å²) < 4.78 is 32.1. The molecule has 0 aromatic heterocycles. The van der Waals surface area contributed by atoms with Crippen molar-refractivity contribution in [1.82, 2.24) is 4.72 Å². The first kappa shape index (κ1) is 15.9. The van der Waals surface area contributed by atoms with Gasteiger partial charge in [0.1, 0.15) is 11.3 Å². The maximum atomic E-state index is 12.3. The van der Waals surface area contributed by atoms with Gasteiger partial charge in [-0.25, -0.2) is 13.1 Å². The average molecular weight is 313 g/mol. The largest absolute Gasteiger partial charge is 0.480 e. The van der Waals surface area contributed by atoms with Gasteiger partial charge in [0.25, 0.3) is 0 Å². The highest BCUT2D eigenvalue weighted by atomic mass is 32.2. The smallest absolute Gasteiger partial charge is 0.322 e. The lowest BCUT2D eigenvalue weighted by atomic mass is 10.1. The van der Waals surface area contributed by atoms with Crippen LogP contribution in [0.1, 0.15) is 18.9 Å². The molecule has 0 radical (unpaired) electrons. The van der Waals surface area contributed by atoms with Crippen LogP contribution in [0.5, 0.6) is 0 Å². The third-order valence-corrected chi connectivity index (χ3v) is 5.62. The lowest BCUT2D eigenvalue weighted by Crippen LogP contribution is -2.47. The highest BCUT2D eigenvalue weighted by Gasteiger charge is 2.38. The number of benzene rings is 1. The van der Waals surface area contributed by atoms with E-state index in [1.807, 2.05) is 6.07 Å². The van der Waals surface area contributed by atoms with Crippen molar-refractivity contribution in [2.75, 3.05) is 6.61 Å². The van der Waals surface area contributed by atoms with Crippen molar-refractivity contribution in [3.63, 3.8) is 0 Å². The molecule has 1 aromatic carbocycles. The lowest BCUT2D eigenvalue weighted by molar-refractivity contribution is -0.138. The number of ether oxygens (including phenoxy) is 1. The third-order valence-electron chi connectivity index (χ3n) is 3.59. The van der Waals surface area contributed by atoms with E-state index in [1.165, 1.54) is 0 Å². The molecule has 1 aromatic rings. The number of carboxylic acid groups (broad SMARTS) is 1. The van der Waals surface area contributed by atoms with E-state index in [9.17, 15) is 18.3 Å². The Hall–Kier alpha value is -1.44. The quantitative estimate of drug-likeness (QED) is 0.809. The first-order valence-corrected chi connectivity index (χ1v) is 8.34. The van der Waals surface area contributed by atoms with Crippen molar-refractivity contribution in [3.8, 4) is 0 Å². The lowest BCUT2D eigenvalue weighted by Gasteiger charge is -2.20. The van der Waals surface area contributed by atoms with Crippen LogP contribution >= 0.6 is 0 Å². The second kappa shape index (κ2) is 6.55. The van der Waals surface area contributed by atoms with E-state index in [1.54, 1.807) is 31.2 Å². The molecule has 1 heterocycles. The van der Waals surface area contributed by atoms with Crippen molar-refractivity contribution in [3.05, 3.63) is 35.9 Å². The number of hydrogen-bond donors (Lipinski definition) is 2. The second-order valence-corrected chi connectivity index (χ2v) is 7.08. The van der Waals surface area contributed by atoms with Gasteiger partial charge < -0.3 is 9.84 Å². The van der Waals surface area contributed by atoms with Gasteiger partial charge >= 0.3 is 5.97 Å². The van der Waals surface area contributed by atoms with Crippen LogP contribution in [-0.4, -0.2) is 43.5 Å². The Kier molecular flexibility index (Phi) is 4.97. The van der Waals surface area contributed by atoms with Crippen molar-refractivity contribution >= 4 is 16.0 Å². The van der Waals surface area contributed by atoms with Crippen LogP contribution in [0.4, 0.5) is 0 Å². The highest BCUT2D eigenvalue weighted by Crippen LogP contribution is 2.20. The predicted molar refractivity (Wildman–Crippen MR) is 77.4 cm³/mol. The van der Waals surface area contributed by atoms with E-state index < -0.39 is 33.4 Å². The van der Waals surface area contributed by atoms with Crippen LogP contribution in [0.15, 0.2) is 30.3 Å². The third kappa shape index (κ3) is 4.03. The first-order chi connectivity index (χ1) is 9.90. The minimum atomic E-state index is -3.73. The van der Waals surface area contributed by atoms with Crippen LogP contribution < -0.4 is 4.72 Å². The summed E-state index contributed by atoms with van der Waals surface area (Å²) in [4.78, 5) is 11.3. The van der Waals surface area contributed by atoms with Crippen LogP contribution in [-0.2, 0) is 26.0 Å². The molecule has 6 nitrogen and oxygen atoms in total. The van der Waals surface area contributed by atoms with Crippen LogP contribution in [0.25, 0.3) is 0 Å². The molecule has 7 heteroatoms. The zero-order valence-corrected chi connectivity index (χ0v) is 12.5. The molecular formula is C14H19NO5S. The van der Waals surface area contributed by atoms with Crippen LogP contribution in [0, 0.1) is 0 Å². The SMILES string of the molecule is CC1OCCC1S(=O)(=O)N[C@H](Cc1ccccc1)C(=O)O. The van der Waals surface area contributed by atoms with Gasteiger partial charge in [0, 0.05) is 6.61 Å². The molecule has 0 saturated carbocycles. The fraction of sp³-hybridized carbons (Fsp3) is 0.500. The van der Waals surface area contributed by atoms with Gasteiger partial charge in [-0.2, -0.15) is 0 Å². The number of carbonyl (C=O) groups is 1. The molecule has 2 unspecified atom stereocenters. The Morgan fingerprint density at radius 1 is 1.43 bits per heavy atom. The number of nitrogens with one attached hydrogen (secondary N) is 1. The summed E-state index contributed by atoms with van der Waals surface area (Å²) in [6.07, 6.45) is 0.0691. The second-order valence-electron chi connectivity index (χ2n) is 5.15. The highest BCUT2D eigenvalue weighted by molar-refractivity contribution is 7.90.